The molecule has 0 fully saturated rings. The number of hydrogen-bond donors (Lipinski definition) is 1. The molecular weight excluding hydrogens is 451 g/mol. The number of halogens is 3. The number of fused-ring (bicyclic) bond motifs is 1. The van der Waals surface area contributed by atoms with Crippen LogP contribution in [0.5, 0.6) is 0 Å². The third-order valence-electron chi connectivity index (χ3n) is 4.96. The van der Waals surface area contributed by atoms with Gasteiger partial charge in [-0.3, -0.25) is 9.69 Å². The van der Waals surface area contributed by atoms with Crippen LogP contribution in [0.2, 0.25) is 0 Å². The van der Waals surface area contributed by atoms with Crippen LogP contribution in [0, 0.1) is 0 Å². The minimum atomic E-state index is -4.26. The zero-order valence-corrected chi connectivity index (χ0v) is 18.6. The highest BCUT2D eigenvalue weighted by molar-refractivity contribution is 7.89. The van der Waals surface area contributed by atoms with Gasteiger partial charge in [0, 0.05) is 30.1 Å². The molecule has 2 heterocycles. The molecule has 0 radical (unpaired) electrons. The zero-order chi connectivity index (χ0) is 22.6. The number of sulfonamides is 1. The fourth-order valence-electron chi connectivity index (χ4n) is 3.41. The molecule has 0 unspecified atom stereocenters. The Morgan fingerprint density at radius 3 is 2.81 bits per heavy atom. The van der Waals surface area contributed by atoms with Crippen molar-refractivity contribution in [2.75, 3.05) is 33.2 Å². The number of nitrogens with one attached hydrogen (secondary N) is 1. The molecule has 0 saturated carbocycles. The van der Waals surface area contributed by atoms with Crippen LogP contribution >= 0.6 is 11.3 Å². The smallest absolute Gasteiger partial charge is 0.352 e. The van der Waals surface area contributed by atoms with E-state index < -0.39 is 28.7 Å². The summed E-state index contributed by atoms with van der Waals surface area (Å²) >= 11 is 1.62. The zero-order valence-electron chi connectivity index (χ0n) is 17.0. The minimum Gasteiger partial charge on any atom is -0.352 e. The van der Waals surface area contributed by atoms with Gasteiger partial charge in [-0.25, -0.2) is 8.42 Å². The number of hydrogen-bond acceptors (Lipinski definition) is 5. The third-order valence-corrected chi connectivity index (χ3v) is 7.82. The van der Waals surface area contributed by atoms with Crippen LogP contribution in [-0.4, -0.2) is 62.9 Å². The Kier molecular flexibility index (Phi) is 7.40. The van der Waals surface area contributed by atoms with Crippen molar-refractivity contribution in [3.63, 3.8) is 0 Å². The molecule has 0 aliphatic carbocycles. The van der Waals surface area contributed by atoms with Crippen LogP contribution in [0.4, 0.5) is 13.2 Å². The normalized spacial score (nSPS) is 15.1. The molecule has 31 heavy (non-hydrogen) atoms. The van der Waals surface area contributed by atoms with Crippen LogP contribution in [0.3, 0.4) is 0 Å². The van der Waals surface area contributed by atoms with Crippen molar-refractivity contribution >= 4 is 27.3 Å². The Labute approximate surface area is 183 Å². The standard InChI is InChI=1S/C20H24F3N3O3S2/c1-25(14-20(21,22)23)9-3-8-24-19(27)15-4-2-5-17(12-15)31(28,29)26-10-6-18-16(13-26)7-11-30-18/h2,4-5,7,11-12H,3,6,8-10,13-14H2,1H3,(H,24,27). The number of rotatable bonds is 8. The Bertz CT molecular complexity index is 1020. The fourth-order valence-corrected chi connectivity index (χ4v) is 5.77. The number of carbonyl (C=O) groups is 1. The van der Waals surface area contributed by atoms with Crippen molar-refractivity contribution in [3.05, 3.63) is 51.7 Å². The lowest BCUT2D eigenvalue weighted by atomic mass is 10.1. The molecule has 0 bridgehead atoms. The predicted octanol–water partition coefficient (Wildman–Crippen LogP) is 3.11. The van der Waals surface area contributed by atoms with E-state index in [2.05, 4.69) is 5.32 Å². The van der Waals surface area contributed by atoms with E-state index in [1.54, 1.807) is 11.3 Å². The average molecular weight is 476 g/mol. The molecule has 2 aromatic rings. The second-order valence-electron chi connectivity index (χ2n) is 7.45. The maximum Gasteiger partial charge on any atom is 0.401 e. The number of nitrogens with zero attached hydrogens (tertiary/aromatic N) is 2. The number of thiophene rings is 1. The predicted molar refractivity (Wildman–Crippen MR) is 113 cm³/mol. The molecule has 1 aromatic heterocycles. The first-order chi connectivity index (χ1) is 14.6. The molecule has 6 nitrogen and oxygen atoms in total. The van der Waals surface area contributed by atoms with Gasteiger partial charge in [-0.2, -0.15) is 17.5 Å². The molecule has 0 atom stereocenters. The van der Waals surface area contributed by atoms with E-state index in [4.69, 9.17) is 0 Å². The number of alkyl halides is 3. The molecule has 1 aliphatic heterocycles. The Morgan fingerprint density at radius 2 is 2.06 bits per heavy atom. The van der Waals surface area contributed by atoms with Crippen LogP contribution in [0.1, 0.15) is 27.2 Å². The van der Waals surface area contributed by atoms with Crippen LogP contribution in [0.25, 0.3) is 0 Å². The van der Waals surface area contributed by atoms with E-state index >= 15 is 0 Å². The molecule has 1 aliphatic rings. The van der Waals surface area contributed by atoms with Crippen molar-refractivity contribution in [1.29, 1.82) is 0 Å². The lowest BCUT2D eigenvalue weighted by molar-refractivity contribution is -0.143. The average Bonchev–Trinajstić information content (AvgIpc) is 3.17. The highest BCUT2D eigenvalue weighted by Gasteiger charge is 2.30. The molecule has 0 spiro atoms. The lowest BCUT2D eigenvalue weighted by Crippen LogP contribution is -2.35. The van der Waals surface area contributed by atoms with Gasteiger partial charge in [0.2, 0.25) is 10.0 Å². The second kappa shape index (κ2) is 9.68. The van der Waals surface area contributed by atoms with Gasteiger partial charge in [-0.15, -0.1) is 11.3 Å². The molecule has 170 valence electrons. The molecule has 1 N–H and O–H groups in total. The Balaban J connectivity index is 1.57. The summed E-state index contributed by atoms with van der Waals surface area (Å²) in [4.78, 5) is 14.8. The molecule has 3 rings (SSSR count). The highest BCUT2D eigenvalue weighted by Crippen LogP contribution is 2.28. The van der Waals surface area contributed by atoms with E-state index in [0.29, 0.717) is 25.9 Å². The van der Waals surface area contributed by atoms with Crippen molar-refractivity contribution in [1.82, 2.24) is 14.5 Å². The highest BCUT2D eigenvalue weighted by atomic mass is 32.2. The summed E-state index contributed by atoms with van der Waals surface area (Å²) in [6.07, 6.45) is -3.26. The van der Waals surface area contributed by atoms with Gasteiger partial charge in [-0.05, 0) is 61.6 Å². The summed E-state index contributed by atoms with van der Waals surface area (Å²) < 4.78 is 64.5. The van der Waals surface area contributed by atoms with Crippen molar-refractivity contribution in [2.45, 2.75) is 30.5 Å². The van der Waals surface area contributed by atoms with Gasteiger partial charge in [0.05, 0.1) is 11.4 Å². The molecule has 1 aromatic carbocycles. The van der Waals surface area contributed by atoms with Gasteiger partial charge >= 0.3 is 6.18 Å². The van der Waals surface area contributed by atoms with Gasteiger partial charge < -0.3 is 5.32 Å². The SMILES string of the molecule is CN(CCCNC(=O)c1cccc(S(=O)(=O)N2CCc3sccc3C2)c1)CC(F)(F)F. The van der Waals surface area contributed by atoms with E-state index in [1.165, 1.54) is 40.5 Å². The lowest BCUT2D eigenvalue weighted by Gasteiger charge is -2.26. The van der Waals surface area contributed by atoms with Crippen molar-refractivity contribution in [2.24, 2.45) is 0 Å². The topological polar surface area (TPSA) is 69.7 Å². The van der Waals surface area contributed by atoms with Gasteiger partial charge in [0.25, 0.3) is 5.91 Å². The first-order valence-corrected chi connectivity index (χ1v) is 12.1. The summed E-state index contributed by atoms with van der Waals surface area (Å²) in [5, 5.41) is 4.58. The van der Waals surface area contributed by atoms with E-state index in [9.17, 15) is 26.4 Å². The molecule has 1 amide bonds. The first kappa shape index (κ1) is 23.7. The second-order valence-corrected chi connectivity index (χ2v) is 10.4. The monoisotopic (exact) mass is 475 g/mol. The molecular formula is C20H24F3N3O3S2. The summed E-state index contributed by atoms with van der Waals surface area (Å²) in [6, 6.07) is 7.75. The van der Waals surface area contributed by atoms with Gasteiger partial charge in [-0.1, -0.05) is 6.07 Å². The van der Waals surface area contributed by atoms with Crippen molar-refractivity contribution < 1.29 is 26.4 Å². The minimum absolute atomic E-state index is 0.0451. The summed E-state index contributed by atoms with van der Waals surface area (Å²) in [5.74, 6) is -0.464. The number of amides is 1. The van der Waals surface area contributed by atoms with Crippen LogP contribution < -0.4 is 5.32 Å². The fraction of sp³-hybridized carbons (Fsp3) is 0.450. The number of benzene rings is 1. The van der Waals surface area contributed by atoms with E-state index in [0.717, 1.165) is 10.5 Å². The summed E-state index contributed by atoms with van der Waals surface area (Å²) in [5.41, 5.74) is 1.20. The Morgan fingerprint density at radius 1 is 1.29 bits per heavy atom. The Hall–Kier alpha value is -1.95. The van der Waals surface area contributed by atoms with Crippen LogP contribution in [0.15, 0.2) is 40.6 Å². The first-order valence-electron chi connectivity index (χ1n) is 9.75. The third kappa shape index (κ3) is 6.28. The molecule has 0 saturated heterocycles. The van der Waals surface area contributed by atoms with E-state index in [-0.39, 0.29) is 23.5 Å². The quantitative estimate of drug-likeness (QED) is 0.596. The summed E-state index contributed by atoms with van der Waals surface area (Å²) in [7, 11) is -2.38. The van der Waals surface area contributed by atoms with Crippen molar-refractivity contribution in [3.8, 4) is 0 Å². The van der Waals surface area contributed by atoms with Gasteiger partial charge in [0.1, 0.15) is 0 Å². The maximum atomic E-state index is 13.0. The molecule has 11 heteroatoms. The largest absolute Gasteiger partial charge is 0.401 e. The maximum absolute atomic E-state index is 13.0. The van der Waals surface area contributed by atoms with Gasteiger partial charge in [0.15, 0.2) is 0 Å². The van der Waals surface area contributed by atoms with E-state index in [1.807, 2.05) is 11.4 Å². The summed E-state index contributed by atoms with van der Waals surface area (Å²) in [6.45, 7) is 0.0454. The van der Waals surface area contributed by atoms with Crippen LogP contribution in [-0.2, 0) is 23.0 Å². The number of carbonyl (C=O) groups excluding carboxylic acids is 1.